The zero-order valence-corrected chi connectivity index (χ0v) is 17.9. The Kier molecular flexibility index (Phi) is 5.22. The molecule has 0 radical (unpaired) electrons. The molecule has 4 aliphatic carbocycles. The Bertz CT molecular complexity index is 733. The van der Waals surface area contributed by atoms with Crippen LogP contribution in [-0.4, -0.2) is 17.1 Å². The molecule has 1 aromatic carbocycles. The van der Waals surface area contributed by atoms with Crippen LogP contribution in [0.4, 0.5) is 5.69 Å². The molecule has 0 unspecified atom stereocenters. The van der Waals surface area contributed by atoms with Crippen LogP contribution in [0.2, 0.25) is 0 Å². The first-order valence-corrected chi connectivity index (χ1v) is 12.1. The lowest BCUT2D eigenvalue weighted by Crippen LogP contribution is -2.52. The number of hydrogen-bond acceptors (Lipinski definition) is 2. The number of para-hydroxylation sites is 1. The summed E-state index contributed by atoms with van der Waals surface area (Å²) in [6, 6.07) is 9.92. The summed E-state index contributed by atoms with van der Waals surface area (Å²) in [6.07, 6.45) is 11.9. The van der Waals surface area contributed by atoms with E-state index < -0.39 is 0 Å². The molecule has 0 bridgehead atoms. The molecule has 29 heavy (non-hydrogen) atoms. The van der Waals surface area contributed by atoms with Gasteiger partial charge in [0.05, 0.1) is 6.10 Å². The molecule has 8 atom stereocenters. The van der Waals surface area contributed by atoms with Gasteiger partial charge < -0.3 is 10.4 Å². The van der Waals surface area contributed by atoms with Crippen LogP contribution in [0, 0.1) is 40.9 Å². The fraction of sp³-hybridized carbons (Fsp3) is 0.731. The van der Waals surface area contributed by atoms with Gasteiger partial charge in [0.25, 0.3) is 0 Å². The second-order valence-electron chi connectivity index (χ2n) is 10.9. The largest absolute Gasteiger partial charge is 0.393 e. The maximum Gasteiger partial charge on any atom is 0.227 e. The van der Waals surface area contributed by atoms with Gasteiger partial charge in [-0.05, 0) is 111 Å². The first kappa shape index (κ1) is 19.6. The van der Waals surface area contributed by atoms with E-state index in [1.807, 2.05) is 30.3 Å². The highest BCUT2D eigenvalue weighted by Crippen LogP contribution is 2.62. The van der Waals surface area contributed by atoms with Gasteiger partial charge in [-0.1, -0.05) is 25.1 Å². The van der Waals surface area contributed by atoms with Gasteiger partial charge in [0.15, 0.2) is 0 Å². The van der Waals surface area contributed by atoms with Crippen molar-refractivity contribution < 1.29 is 9.90 Å². The molecular formula is C26H37NO2. The molecule has 2 N–H and O–H groups in total. The molecular weight excluding hydrogens is 358 g/mol. The van der Waals surface area contributed by atoms with E-state index in [1.54, 1.807) is 0 Å². The zero-order chi connectivity index (χ0) is 20.0. The molecule has 4 saturated carbocycles. The second-order valence-corrected chi connectivity index (χ2v) is 10.9. The minimum Gasteiger partial charge on any atom is -0.393 e. The van der Waals surface area contributed by atoms with Crippen LogP contribution in [0.1, 0.15) is 71.1 Å². The predicted octanol–water partition coefficient (Wildman–Crippen LogP) is 5.64. The van der Waals surface area contributed by atoms with Crippen molar-refractivity contribution in [3.63, 3.8) is 0 Å². The van der Waals surface area contributed by atoms with Crippen molar-refractivity contribution in [3.05, 3.63) is 30.3 Å². The third-order valence-electron chi connectivity index (χ3n) is 9.40. The summed E-state index contributed by atoms with van der Waals surface area (Å²) in [7, 11) is 0. The predicted molar refractivity (Wildman–Crippen MR) is 116 cm³/mol. The summed E-state index contributed by atoms with van der Waals surface area (Å²) in [5, 5.41) is 13.3. The van der Waals surface area contributed by atoms with E-state index in [0.717, 1.165) is 61.0 Å². The lowest BCUT2D eigenvalue weighted by Gasteiger charge is -2.59. The highest BCUT2D eigenvalue weighted by Gasteiger charge is 2.54. The number of aliphatic hydroxyl groups is 1. The van der Waals surface area contributed by atoms with E-state index in [1.165, 1.54) is 38.5 Å². The van der Waals surface area contributed by atoms with E-state index >= 15 is 0 Å². The first-order valence-electron chi connectivity index (χ1n) is 12.1. The molecule has 3 heteroatoms. The van der Waals surface area contributed by atoms with Crippen LogP contribution in [0.5, 0.6) is 0 Å². The number of aliphatic hydroxyl groups excluding tert-OH is 1. The SMILES string of the molecule is C[C@]12CC[C@H]3[C@@H](CC[C@@H]4C[C@H](O)CC[C@@H]43)[C@@H]1CC[C@@H](C(=O)Nc1ccccc1)C2. The van der Waals surface area contributed by atoms with E-state index in [-0.39, 0.29) is 17.9 Å². The average Bonchev–Trinajstić information content (AvgIpc) is 2.73. The Balaban J connectivity index is 1.26. The molecule has 1 amide bonds. The first-order chi connectivity index (χ1) is 14.0. The third kappa shape index (κ3) is 3.65. The lowest BCUT2D eigenvalue weighted by molar-refractivity contribution is -0.130. The lowest BCUT2D eigenvalue weighted by atomic mass is 9.46. The van der Waals surface area contributed by atoms with E-state index in [9.17, 15) is 9.90 Å². The average molecular weight is 396 g/mol. The molecule has 158 valence electrons. The van der Waals surface area contributed by atoms with Crippen LogP contribution in [0.15, 0.2) is 30.3 Å². The van der Waals surface area contributed by atoms with Crippen molar-refractivity contribution in [1.82, 2.24) is 0 Å². The molecule has 0 heterocycles. The maximum atomic E-state index is 13.0. The number of carbonyl (C=O) groups is 1. The Morgan fingerprint density at radius 3 is 2.59 bits per heavy atom. The van der Waals surface area contributed by atoms with Crippen LogP contribution in [0.3, 0.4) is 0 Å². The fourth-order valence-electron chi connectivity index (χ4n) is 8.07. The van der Waals surface area contributed by atoms with Crippen molar-refractivity contribution in [2.45, 2.75) is 77.2 Å². The van der Waals surface area contributed by atoms with Crippen molar-refractivity contribution in [1.29, 1.82) is 0 Å². The van der Waals surface area contributed by atoms with E-state index in [0.29, 0.717) is 5.41 Å². The van der Waals surface area contributed by atoms with Gasteiger partial charge in [-0.25, -0.2) is 0 Å². The molecule has 3 nitrogen and oxygen atoms in total. The number of nitrogens with one attached hydrogen (secondary N) is 1. The molecule has 0 saturated heterocycles. The summed E-state index contributed by atoms with van der Waals surface area (Å²) in [5.41, 5.74) is 1.25. The Morgan fingerprint density at radius 2 is 1.76 bits per heavy atom. The van der Waals surface area contributed by atoms with Crippen LogP contribution < -0.4 is 5.32 Å². The number of carbonyl (C=O) groups excluding carboxylic acids is 1. The van der Waals surface area contributed by atoms with Crippen LogP contribution in [0.25, 0.3) is 0 Å². The van der Waals surface area contributed by atoms with E-state index in [4.69, 9.17) is 0 Å². The van der Waals surface area contributed by atoms with Gasteiger partial charge in [-0.3, -0.25) is 4.79 Å². The minimum absolute atomic E-state index is 0.0415. The summed E-state index contributed by atoms with van der Waals surface area (Å²) in [6.45, 7) is 2.49. The standard InChI is InChI=1S/C26H37NO2/c1-26-14-13-22-21-11-9-20(28)15-17(21)7-10-23(22)24(26)12-8-18(16-26)25(29)27-19-5-3-2-4-6-19/h2-6,17-18,20-24,28H,7-16H2,1H3,(H,27,29)/t17-,18-,20-,21+,22-,23-,24+,26-/m1/s1. The summed E-state index contributed by atoms with van der Waals surface area (Å²) in [5.74, 6) is 4.57. The molecule has 0 spiro atoms. The van der Waals surface area contributed by atoms with Crippen molar-refractivity contribution in [2.24, 2.45) is 40.9 Å². The number of hydrogen-bond donors (Lipinski definition) is 2. The minimum atomic E-state index is -0.0415. The van der Waals surface area contributed by atoms with Gasteiger partial charge in [-0.2, -0.15) is 0 Å². The summed E-state index contributed by atoms with van der Waals surface area (Å²) < 4.78 is 0. The van der Waals surface area contributed by atoms with Crippen LogP contribution >= 0.6 is 0 Å². The monoisotopic (exact) mass is 395 g/mol. The third-order valence-corrected chi connectivity index (χ3v) is 9.40. The van der Waals surface area contributed by atoms with Crippen molar-refractivity contribution >= 4 is 11.6 Å². The van der Waals surface area contributed by atoms with Gasteiger partial charge in [-0.15, -0.1) is 0 Å². The van der Waals surface area contributed by atoms with Gasteiger partial charge in [0, 0.05) is 11.6 Å². The smallest absolute Gasteiger partial charge is 0.227 e. The molecule has 4 fully saturated rings. The Hall–Kier alpha value is -1.35. The van der Waals surface area contributed by atoms with Gasteiger partial charge in [0.1, 0.15) is 0 Å². The maximum absolute atomic E-state index is 13.0. The Morgan fingerprint density at radius 1 is 0.966 bits per heavy atom. The second kappa shape index (κ2) is 7.72. The van der Waals surface area contributed by atoms with Crippen LogP contribution in [-0.2, 0) is 4.79 Å². The number of amides is 1. The zero-order valence-electron chi connectivity index (χ0n) is 17.9. The normalized spacial score (nSPS) is 44.1. The summed E-state index contributed by atoms with van der Waals surface area (Å²) >= 11 is 0. The quantitative estimate of drug-likeness (QED) is 0.680. The molecule has 0 aromatic heterocycles. The number of benzene rings is 1. The molecule has 5 rings (SSSR count). The highest BCUT2D eigenvalue weighted by molar-refractivity contribution is 5.92. The fourth-order valence-corrected chi connectivity index (χ4v) is 8.07. The number of fused-ring (bicyclic) bond motifs is 5. The Labute approximate surface area is 175 Å². The molecule has 1 aromatic rings. The van der Waals surface area contributed by atoms with Crippen molar-refractivity contribution in [3.8, 4) is 0 Å². The van der Waals surface area contributed by atoms with E-state index in [2.05, 4.69) is 12.2 Å². The van der Waals surface area contributed by atoms with Crippen molar-refractivity contribution in [2.75, 3.05) is 5.32 Å². The van der Waals surface area contributed by atoms with Gasteiger partial charge in [0.2, 0.25) is 5.91 Å². The van der Waals surface area contributed by atoms with Gasteiger partial charge >= 0.3 is 0 Å². The molecule has 4 aliphatic rings. The molecule has 0 aliphatic heterocycles. The number of anilines is 1. The summed E-state index contributed by atoms with van der Waals surface area (Å²) in [4.78, 5) is 13.0. The highest BCUT2D eigenvalue weighted by atomic mass is 16.3. The number of rotatable bonds is 2. The topological polar surface area (TPSA) is 49.3 Å².